The Morgan fingerprint density at radius 3 is 1.90 bits per heavy atom. The van der Waals surface area contributed by atoms with Gasteiger partial charge in [-0.2, -0.15) is 0 Å². The number of para-hydroxylation sites is 1. The largest absolute Gasteiger partial charge is 0.454 e. The van der Waals surface area contributed by atoms with Gasteiger partial charge in [-0.1, -0.05) is 78.9 Å². The molecule has 0 atom stereocenters. The van der Waals surface area contributed by atoms with Gasteiger partial charge in [0.25, 0.3) is 0 Å². The molecular formula is C25H20N2O2. The smallest absolute Gasteiger partial charge is 0.195 e. The molecule has 0 aliphatic carbocycles. The molecule has 4 heteroatoms. The van der Waals surface area contributed by atoms with E-state index in [1.807, 2.05) is 78.9 Å². The molecule has 0 unspecified atom stereocenters. The summed E-state index contributed by atoms with van der Waals surface area (Å²) in [6.45, 7) is 0. The number of nitrogen functional groups attached to an aromatic ring is 2. The fourth-order valence-electron chi connectivity index (χ4n) is 3.24. The summed E-state index contributed by atoms with van der Waals surface area (Å²) in [5.41, 5.74) is 15.9. The molecule has 0 aliphatic rings. The molecule has 4 rings (SSSR count). The summed E-state index contributed by atoms with van der Waals surface area (Å²) in [7, 11) is 0. The predicted octanol–water partition coefficient (Wildman–Crippen LogP) is 5.54. The lowest BCUT2D eigenvalue weighted by molar-refractivity contribution is 0.103. The summed E-state index contributed by atoms with van der Waals surface area (Å²) in [4.78, 5) is 13.1. The van der Waals surface area contributed by atoms with E-state index in [-0.39, 0.29) is 11.5 Å². The highest BCUT2D eigenvalue weighted by molar-refractivity contribution is 6.14. The zero-order valence-corrected chi connectivity index (χ0v) is 15.7. The summed E-state index contributed by atoms with van der Waals surface area (Å²) in [5, 5.41) is 0. The minimum atomic E-state index is -0.202. The van der Waals surface area contributed by atoms with Crippen molar-refractivity contribution >= 4 is 17.2 Å². The van der Waals surface area contributed by atoms with Gasteiger partial charge in [-0.05, 0) is 23.8 Å². The Hall–Kier alpha value is -4.05. The van der Waals surface area contributed by atoms with Gasteiger partial charge in [-0.25, -0.2) is 0 Å². The van der Waals surface area contributed by atoms with Crippen molar-refractivity contribution < 1.29 is 9.53 Å². The van der Waals surface area contributed by atoms with E-state index >= 15 is 0 Å². The average Bonchev–Trinajstić information content (AvgIpc) is 2.77. The van der Waals surface area contributed by atoms with Crippen LogP contribution >= 0.6 is 0 Å². The van der Waals surface area contributed by atoms with Crippen LogP contribution in [-0.4, -0.2) is 5.78 Å². The van der Waals surface area contributed by atoms with Crippen molar-refractivity contribution in [1.29, 1.82) is 0 Å². The van der Waals surface area contributed by atoms with Gasteiger partial charge in [0.1, 0.15) is 5.75 Å². The van der Waals surface area contributed by atoms with Crippen LogP contribution in [0, 0.1) is 0 Å². The maximum Gasteiger partial charge on any atom is 0.195 e. The van der Waals surface area contributed by atoms with Crippen LogP contribution in [-0.2, 0) is 0 Å². The second kappa shape index (κ2) is 7.90. The molecule has 0 spiro atoms. The number of rotatable bonds is 5. The Labute approximate surface area is 169 Å². The lowest BCUT2D eigenvalue weighted by Crippen LogP contribution is -2.09. The van der Waals surface area contributed by atoms with Crippen molar-refractivity contribution in [1.82, 2.24) is 0 Å². The standard InChI is InChI=1S/C25H20N2O2/c26-21-16-20(24(28)18-12-6-2-7-13-18)23(27)25(29-19-14-8-3-9-15-19)22(21)17-10-4-1-5-11-17/h1-16H,26-27H2. The highest BCUT2D eigenvalue weighted by atomic mass is 16.5. The summed E-state index contributed by atoms with van der Waals surface area (Å²) >= 11 is 0. The number of ketones is 1. The van der Waals surface area contributed by atoms with Gasteiger partial charge in [-0.3, -0.25) is 4.79 Å². The number of hydrogen-bond acceptors (Lipinski definition) is 4. The van der Waals surface area contributed by atoms with Crippen LogP contribution in [0.3, 0.4) is 0 Å². The number of carbonyl (C=O) groups is 1. The van der Waals surface area contributed by atoms with E-state index in [1.165, 1.54) is 0 Å². The van der Waals surface area contributed by atoms with Crippen molar-refractivity contribution in [3.8, 4) is 22.6 Å². The van der Waals surface area contributed by atoms with Gasteiger partial charge < -0.3 is 16.2 Å². The molecule has 0 aromatic heterocycles. The zero-order valence-electron chi connectivity index (χ0n) is 15.7. The average molecular weight is 380 g/mol. The van der Waals surface area contributed by atoms with Crippen molar-refractivity contribution in [2.24, 2.45) is 0 Å². The van der Waals surface area contributed by atoms with Crippen LogP contribution in [0.2, 0.25) is 0 Å². The molecule has 0 amide bonds. The van der Waals surface area contributed by atoms with Gasteiger partial charge in [0.15, 0.2) is 11.5 Å². The number of benzene rings is 4. The Morgan fingerprint density at radius 2 is 1.28 bits per heavy atom. The molecule has 0 radical (unpaired) electrons. The van der Waals surface area contributed by atoms with Crippen LogP contribution in [0.15, 0.2) is 97.1 Å². The Balaban J connectivity index is 1.91. The number of anilines is 2. The monoisotopic (exact) mass is 380 g/mol. The number of hydrogen-bond donors (Lipinski definition) is 2. The zero-order chi connectivity index (χ0) is 20.2. The Kier molecular flexibility index (Phi) is 4.99. The minimum absolute atomic E-state index is 0.202. The summed E-state index contributed by atoms with van der Waals surface area (Å²) in [6.07, 6.45) is 0. The maximum atomic E-state index is 13.1. The Morgan fingerprint density at radius 1 is 0.724 bits per heavy atom. The molecule has 142 valence electrons. The van der Waals surface area contributed by atoms with Crippen LogP contribution in [0.4, 0.5) is 11.4 Å². The Bertz CT molecular complexity index is 1140. The minimum Gasteiger partial charge on any atom is -0.454 e. The van der Waals surface area contributed by atoms with E-state index in [0.717, 1.165) is 5.56 Å². The third-order valence-electron chi connectivity index (χ3n) is 4.66. The van der Waals surface area contributed by atoms with Crippen molar-refractivity contribution in [2.75, 3.05) is 11.5 Å². The van der Waals surface area contributed by atoms with Gasteiger partial charge in [0.05, 0.1) is 11.3 Å². The highest BCUT2D eigenvalue weighted by Crippen LogP contribution is 2.44. The van der Waals surface area contributed by atoms with E-state index in [1.54, 1.807) is 18.2 Å². The molecule has 0 saturated carbocycles. The molecule has 4 aromatic carbocycles. The van der Waals surface area contributed by atoms with Crippen molar-refractivity contribution in [3.63, 3.8) is 0 Å². The first kappa shape index (κ1) is 18.3. The van der Waals surface area contributed by atoms with E-state index in [0.29, 0.717) is 33.9 Å². The van der Waals surface area contributed by atoms with Crippen LogP contribution < -0.4 is 16.2 Å². The number of ether oxygens (including phenoxy) is 1. The second-order valence-electron chi connectivity index (χ2n) is 6.61. The topological polar surface area (TPSA) is 78.3 Å². The predicted molar refractivity (Wildman–Crippen MR) is 117 cm³/mol. The first-order chi connectivity index (χ1) is 14.1. The van der Waals surface area contributed by atoms with E-state index in [4.69, 9.17) is 16.2 Å². The first-order valence-corrected chi connectivity index (χ1v) is 9.25. The first-order valence-electron chi connectivity index (χ1n) is 9.25. The number of carbonyl (C=O) groups excluding carboxylic acids is 1. The summed E-state index contributed by atoms with van der Waals surface area (Å²) in [5.74, 6) is 0.786. The maximum absolute atomic E-state index is 13.1. The SMILES string of the molecule is Nc1cc(C(=O)c2ccccc2)c(N)c(Oc2ccccc2)c1-c1ccccc1. The molecule has 0 fully saturated rings. The van der Waals surface area contributed by atoms with Crippen LogP contribution in [0.1, 0.15) is 15.9 Å². The van der Waals surface area contributed by atoms with Gasteiger partial charge in [-0.15, -0.1) is 0 Å². The van der Waals surface area contributed by atoms with Crippen molar-refractivity contribution in [3.05, 3.63) is 108 Å². The summed E-state index contributed by atoms with van der Waals surface area (Å²) in [6, 6.07) is 29.5. The molecular weight excluding hydrogens is 360 g/mol. The van der Waals surface area contributed by atoms with Crippen molar-refractivity contribution in [2.45, 2.75) is 0 Å². The second-order valence-corrected chi connectivity index (χ2v) is 6.61. The molecule has 0 heterocycles. The fraction of sp³-hybridized carbons (Fsp3) is 0. The molecule has 0 saturated heterocycles. The molecule has 4 aromatic rings. The quantitative estimate of drug-likeness (QED) is 0.352. The fourth-order valence-corrected chi connectivity index (χ4v) is 3.24. The van der Waals surface area contributed by atoms with E-state index in [9.17, 15) is 4.79 Å². The van der Waals surface area contributed by atoms with Crippen LogP contribution in [0.25, 0.3) is 11.1 Å². The van der Waals surface area contributed by atoms with Gasteiger partial charge in [0, 0.05) is 16.8 Å². The third kappa shape index (κ3) is 3.69. The molecule has 4 nitrogen and oxygen atoms in total. The lowest BCUT2D eigenvalue weighted by Gasteiger charge is -2.19. The molecule has 0 aliphatic heterocycles. The molecule has 4 N–H and O–H groups in total. The van der Waals surface area contributed by atoms with E-state index in [2.05, 4.69) is 0 Å². The molecule has 0 bridgehead atoms. The summed E-state index contributed by atoms with van der Waals surface area (Å²) < 4.78 is 6.15. The highest BCUT2D eigenvalue weighted by Gasteiger charge is 2.22. The van der Waals surface area contributed by atoms with Gasteiger partial charge in [0.2, 0.25) is 0 Å². The third-order valence-corrected chi connectivity index (χ3v) is 4.66. The van der Waals surface area contributed by atoms with Crippen LogP contribution in [0.5, 0.6) is 11.5 Å². The molecule has 29 heavy (non-hydrogen) atoms. The number of nitrogens with two attached hydrogens (primary N) is 2. The normalized spacial score (nSPS) is 10.5. The van der Waals surface area contributed by atoms with Gasteiger partial charge >= 0.3 is 0 Å². The van der Waals surface area contributed by atoms with E-state index < -0.39 is 0 Å². The lowest BCUT2D eigenvalue weighted by atomic mass is 9.94.